The fourth-order valence-corrected chi connectivity index (χ4v) is 1.99. The van der Waals surface area contributed by atoms with Crippen molar-refractivity contribution in [2.24, 2.45) is 0 Å². The first kappa shape index (κ1) is 14.8. The number of H-pyrrole nitrogens is 1. The van der Waals surface area contributed by atoms with Crippen molar-refractivity contribution in [1.82, 2.24) is 15.1 Å². The van der Waals surface area contributed by atoms with Gasteiger partial charge in [-0.2, -0.15) is 5.10 Å². The maximum atomic E-state index is 12.5. The molecule has 1 aromatic heterocycles. The summed E-state index contributed by atoms with van der Waals surface area (Å²) in [5.41, 5.74) is 1.26. The van der Waals surface area contributed by atoms with Crippen molar-refractivity contribution in [3.63, 3.8) is 0 Å². The van der Waals surface area contributed by atoms with E-state index in [4.69, 9.17) is 4.74 Å². The van der Waals surface area contributed by atoms with Crippen molar-refractivity contribution in [2.45, 2.75) is 6.92 Å². The summed E-state index contributed by atoms with van der Waals surface area (Å²) in [6.45, 7) is 5.80. The molecule has 1 amide bonds. The van der Waals surface area contributed by atoms with Crippen LogP contribution < -0.4 is 0 Å². The van der Waals surface area contributed by atoms with Gasteiger partial charge in [-0.05, 0) is 19.1 Å². The van der Waals surface area contributed by atoms with Crippen LogP contribution in [0.2, 0.25) is 0 Å². The molecule has 110 valence electrons. The number of hydrogen-bond donors (Lipinski definition) is 1. The predicted molar refractivity (Wildman–Crippen MR) is 78.8 cm³/mol. The average Bonchev–Trinajstić information content (AvgIpc) is 2.93. The molecule has 0 unspecified atom stereocenters. The van der Waals surface area contributed by atoms with E-state index in [0.29, 0.717) is 5.56 Å². The first-order valence-corrected chi connectivity index (χ1v) is 6.64. The van der Waals surface area contributed by atoms with Crippen LogP contribution >= 0.6 is 0 Å². The van der Waals surface area contributed by atoms with Crippen LogP contribution in [0.25, 0.3) is 10.9 Å². The maximum absolute atomic E-state index is 12.5. The molecule has 2 rings (SSSR count). The third kappa shape index (κ3) is 3.47. The van der Waals surface area contributed by atoms with Crippen LogP contribution in [-0.2, 0) is 9.53 Å². The van der Waals surface area contributed by atoms with Crippen molar-refractivity contribution in [3.05, 3.63) is 42.6 Å². The zero-order valence-corrected chi connectivity index (χ0v) is 11.8. The zero-order chi connectivity index (χ0) is 15.2. The molecule has 6 heteroatoms. The number of aromatic amines is 1. The van der Waals surface area contributed by atoms with Gasteiger partial charge in [0.15, 0.2) is 0 Å². The van der Waals surface area contributed by atoms with E-state index >= 15 is 0 Å². The van der Waals surface area contributed by atoms with Gasteiger partial charge in [-0.1, -0.05) is 12.1 Å². The molecule has 0 saturated heterocycles. The molecular formula is C15H17N3O3. The molecule has 0 bridgehead atoms. The minimum absolute atomic E-state index is 0.0975. The van der Waals surface area contributed by atoms with Gasteiger partial charge >= 0.3 is 5.97 Å². The van der Waals surface area contributed by atoms with E-state index in [1.54, 1.807) is 31.3 Å². The van der Waals surface area contributed by atoms with Gasteiger partial charge in [0.25, 0.3) is 5.91 Å². The molecule has 0 fully saturated rings. The second-order valence-corrected chi connectivity index (χ2v) is 4.45. The number of ether oxygens (including phenoxy) is 1. The van der Waals surface area contributed by atoms with Crippen molar-refractivity contribution in [1.29, 1.82) is 0 Å². The Morgan fingerprint density at radius 2 is 2.29 bits per heavy atom. The summed E-state index contributed by atoms with van der Waals surface area (Å²) in [5, 5.41) is 7.65. The SMILES string of the molecule is C=CCN(CC(=O)OCC)C(=O)c1ccc2cn[nH]c2c1. The highest BCUT2D eigenvalue weighted by Gasteiger charge is 2.18. The first-order chi connectivity index (χ1) is 10.2. The number of aromatic nitrogens is 2. The summed E-state index contributed by atoms with van der Waals surface area (Å²) in [5.74, 6) is -0.685. The van der Waals surface area contributed by atoms with Crippen LogP contribution in [0.1, 0.15) is 17.3 Å². The van der Waals surface area contributed by atoms with Crippen LogP contribution in [0.5, 0.6) is 0 Å². The highest BCUT2D eigenvalue weighted by atomic mass is 16.5. The summed E-state index contributed by atoms with van der Waals surface area (Å²) < 4.78 is 4.88. The van der Waals surface area contributed by atoms with Crippen molar-refractivity contribution in [3.8, 4) is 0 Å². The summed E-state index contributed by atoms with van der Waals surface area (Å²) in [7, 11) is 0. The second-order valence-electron chi connectivity index (χ2n) is 4.45. The topological polar surface area (TPSA) is 75.3 Å². The summed E-state index contributed by atoms with van der Waals surface area (Å²) in [6.07, 6.45) is 3.26. The van der Waals surface area contributed by atoms with Gasteiger partial charge in [-0.25, -0.2) is 0 Å². The fourth-order valence-electron chi connectivity index (χ4n) is 1.99. The first-order valence-electron chi connectivity index (χ1n) is 6.64. The highest BCUT2D eigenvalue weighted by Crippen LogP contribution is 2.14. The summed E-state index contributed by atoms with van der Waals surface area (Å²) in [6, 6.07) is 5.23. The van der Waals surface area contributed by atoms with Crippen molar-refractivity contribution in [2.75, 3.05) is 19.7 Å². The molecule has 0 aliphatic carbocycles. The molecule has 2 aromatic rings. The molecule has 21 heavy (non-hydrogen) atoms. The third-order valence-corrected chi connectivity index (χ3v) is 2.95. The molecule has 6 nitrogen and oxygen atoms in total. The van der Waals surface area contributed by atoms with Crippen LogP contribution in [0.4, 0.5) is 0 Å². The third-order valence-electron chi connectivity index (χ3n) is 2.95. The predicted octanol–water partition coefficient (Wildman–Crippen LogP) is 1.75. The monoisotopic (exact) mass is 287 g/mol. The van der Waals surface area contributed by atoms with E-state index in [0.717, 1.165) is 10.9 Å². The number of fused-ring (bicyclic) bond motifs is 1. The number of amides is 1. The lowest BCUT2D eigenvalue weighted by Crippen LogP contribution is -2.36. The van der Waals surface area contributed by atoms with E-state index in [-0.39, 0.29) is 25.6 Å². The van der Waals surface area contributed by atoms with Crippen LogP contribution in [0.15, 0.2) is 37.1 Å². The van der Waals surface area contributed by atoms with Gasteiger partial charge in [-0.3, -0.25) is 14.7 Å². The van der Waals surface area contributed by atoms with Crippen LogP contribution in [0, 0.1) is 0 Å². The maximum Gasteiger partial charge on any atom is 0.325 e. The fraction of sp³-hybridized carbons (Fsp3) is 0.267. The number of nitrogens with one attached hydrogen (secondary N) is 1. The number of carbonyl (C=O) groups excluding carboxylic acids is 2. The molecular weight excluding hydrogens is 270 g/mol. The minimum Gasteiger partial charge on any atom is -0.465 e. The molecule has 0 spiro atoms. The van der Waals surface area contributed by atoms with Gasteiger partial charge in [0, 0.05) is 17.5 Å². The Kier molecular flexibility index (Phi) is 4.71. The largest absolute Gasteiger partial charge is 0.465 e. The molecule has 0 aliphatic heterocycles. The number of nitrogens with zero attached hydrogens (tertiary/aromatic N) is 2. The van der Waals surface area contributed by atoms with Gasteiger partial charge in [0.2, 0.25) is 0 Å². The Morgan fingerprint density at radius 1 is 1.48 bits per heavy atom. The molecule has 1 heterocycles. The minimum atomic E-state index is -0.435. The van der Waals surface area contributed by atoms with Gasteiger partial charge in [-0.15, -0.1) is 6.58 Å². The lowest BCUT2D eigenvalue weighted by molar-refractivity contribution is -0.143. The summed E-state index contributed by atoms with van der Waals surface area (Å²) in [4.78, 5) is 25.4. The lowest BCUT2D eigenvalue weighted by Gasteiger charge is -2.20. The smallest absolute Gasteiger partial charge is 0.325 e. The zero-order valence-electron chi connectivity index (χ0n) is 11.8. The Balaban J connectivity index is 2.19. The number of carbonyl (C=O) groups is 2. The Labute approximate surface area is 122 Å². The molecule has 0 aliphatic rings. The van der Waals surface area contributed by atoms with Crippen LogP contribution in [0.3, 0.4) is 0 Å². The van der Waals surface area contributed by atoms with E-state index in [1.807, 2.05) is 6.07 Å². The van der Waals surface area contributed by atoms with Gasteiger partial charge < -0.3 is 9.64 Å². The molecule has 1 aromatic carbocycles. The Hall–Kier alpha value is -2.63. The quantitative estimate of drug-likeness (QED) is 0.649. The van der Waals surface area contributed by atoms with E-state index in [2.05, 4.69) is 16.8 Å². The van der Waals surface area contributed by atoms with Crippen LogP contribution in [-0.4, -0.2) is 46.7 Å². The molecule has 0 saturated carbocycles. The molecule has 1 N–H and O–H groups in total. The van der Waals surface area contributed by atoms with Crippen molar-refractivity contribution >= 4 is 22.8 Å². The number of benzene rings is 1. The number of rotatable bonds is 6. The average molecular weight is 287 g/mol. The van der Waals surface area contributed by atoms with E-state index in [1.165, 1.54) is 4.90 Å². The number of esters is 1. The number of hydrogen-bond acceptors (Lipinski definition) is 4. The van der Waals surface area contributed by atoms with Gasteiger partial charge in [0.1, 0.15) is 6.54 Å². The van der Waals surface area contributed by atoms with E-state index in [9.17, 15) is 9.59 Å². The highest BCUT2D eigenvalue weighted by molar-refractivity contribution is 5.99. The Morgan fingerprint density at radius 3 is 3.00 bits per heavy atom. The lowest BCUT2D eigenvalue weighted by atomic mass is 10.1. The normalized spacial score (nSPS) is 10.3. The second kappa shape index (κ2) is 6.69. The Bertz CT molecular complexity index is 663. The van der Waals surface area contributed by atoms with E-state index < -0.39 is 5.97 Å². The molecule has 0 radical (unpaired) electrons. The van der Waals surface area contributed by atoms with Gasteiger partial charge in [0.05, 0.1) is 18.3 Å². The molecule has 0 atom stereocenters. The van der Waals surface area contributed by atoms with Crippen molar-refractivity contribution < 1.29 is 14.3 Å². The summed E-state index contributed by atoms with van der Waals surface area (Å²) >= 11 is 0. The standard InChI is InChI=1S/C15H17N3O3/c1-3-7-18(10-14(19)21-4-2)15(20)11-5-6-12-9-16-17-13(12)8-11/h3,5-6,8-9H,1,4,7,10H2,2H3,(H,16,17).